The van der Waals surface area contributed by atoms with E-state index < -0.39 is 52.7 Å². The molecule has 2 N–H and O–H groups in total. The van der Waals surface area contributed by atoms with Gasteiger partial charge in [-0.1, -0.05) is 12.1 Å². The SMILES string of the molecule is CCOC(=O)C1=C[C@@H]2[C@H]3C(=O)N(c4ccccc4OC)C(=O)[C@@H]3[C@@H](C(=O)c3ccc([NH+]([O-])O)cc3)N2C=C1. The van der Waals surface area contributed by atoms with Crippen LogP contribution >= 0.6 is 0 Å². The summed E-state index contributed by atoms with van der Waals surface area (Å²) in [7, 11) is 1.43. The minimum absolute atomic E-state index is 0.0121. The second-order valence-electron chi connectivity index (χ2n) is 9.02. The summed E-state index contributed by atoms with van der Waals surface area (Å²) in [5.74, 6) is -3.76. The Balaban J connectivity index is 1.59. The molecule has 5 rings (SSSR count). The predicted octanol–water partition coefficient (Wildman–Crippen LogP) is 1.16. The predicted molar refractivity (Wildman–Crippen MR) is 132 cm³/mol. The maximum Gasteiger partial charge on any atom is 0.337 e. The highest BCUT2D eigenvalue weighted by Gasteiger charge is 2.64. The fourth-order valence-electron chi connectivity index (χ4n) is 5.40. The Bertz CT molecular complexity index is 1370. The lowest BCUT2D eigenvalue weighted by Gasteiger charge is -2.32. The molecule has 5 atom stereocenters. The topological polar surface area (TPSA) is 141 Å². The van der Waals surface area contributed by atoms with Crippen molar-refractivity contribution in [3.8, 4) is 5.75 Å². The highest BCUT2D eigenvalue weighted by molar-refractivity contribution is 6.25. The number of fused-ring (bicyclic) bond motifs is 3. The maximum atomic E-state index is 13.9. The number of benzene rings is 2. The monoisotopic (exact) mass is 519 g/mol. The summed E-state index contributed by atoms with van der Waals surface area (Å²) in [6.07, 6.45) is 4.60. The molecule has 1 unspecified atom stereocenters. The first-order valence-corrected chi connectivity index (χ1v) is 12.0. The van der Waals surface area contributed by atoms with Crippen LogP contribution in [0.1, 0.15) is 17.3 Å². The van der Waals surface area contributed by atoms with Gasteiger partial charge in [-0.25, -0.2) is 14.9 Å². The van der Waals surface area contributed by atoms with E-state index in [2.05, 4.69) is 0 Å². The smallest absolute Gasteiger partial charge is 0.337 e. The van der Waals surface area contributed by atoms with E-state index in [9.17, 15) is 29.6 Å². The molecule has 2 aromatic carbocycles. The van der Waals surface area contributed by atoms with Crippen molar-refractivity contribution in [2.45, 2.75) is 19.0 Å². The van der Waals surface area contributed by atoms with Gasteiger partial charge in [0.25, 0.3) is 0 Å². The molecule has 0 aliphatic carbocycles. The largest absolute Gasteiger partial charge is 0.595 e. The molecule has 3 aliphatic rings. The van der Waals surface area contributed by atoms with Gasteiger partial charge in [0, 0.05) is 23.9 Å². The molecule has 3 heterocycles. The molecule has 0 radical (unpaired) electrons. The van der Waals surface area contributed by atoms with Crippen LogP contribution < -0.4 is 14.9 Å². The Hall–Kier alpha value is -4.32. The third-order valence-corrected chi connectivity index (χ3v) is 7.07. The molecule has 38 heavy (non-hydrogen) atoms. The lowest BCUT2D eigenvalue weighted by atomic mass is 9.86. The van der Waals surface area contributed by atoms with E-state index in [1.54, 1.807) is 42.2 Å². The minimum atomic E-state index is -1.13. The number of carbonyl (C=O) groups is 4. The van der Waals surface area contributed by atoms with Crippen molar-refractivity contribution in [3.05, 3.63) is 83.2 Å². The number of esters is 1. The molecule has 3 aliphatic heterocycles. The number of hydrogen-bond acceptors (Lipinski definition) is 9. The summed E-state index contributed by atoms with van der Waals surface area (Å²) in [5, 5.41) is 19.3. The van der Waals surface area contributed by atoms with E-state index in [1.807, 2.05) is 0 Å². The summed E-state index contributed by atoms with van der Waals surface area (Å²) in [5.41, 5.74) is 0.702. The number of imide groups is 1. The van der Waals surface area contributed by atoms with Crippen molar-refractivity contribution >= 4 is 34.9 Å². The molecule has 2 amide bonds. The van der Waals surface area contributed by atoms with Gasteiger partial charge in [-0.15, -0.1) is 0 Å². The number of anilines is 1. The molecule has 0 spiro atoms. The zero-order chi connectivity index (χ0) is 27.1. The number of nitrogens with one attached hydrogen (secondary N) is 1. The fraction of sp³-hybridized carbons (Fsp3) is 0.259. The van der Waals surface area contributed by atoms with E-state index in [1.165, 1.54) is 43.7 Å². The molecule has 11 heteroatoms. The number of amides is 2. The fourth-order valence-corrected chi connectivity index (χ4v) is 5.40. The van der Waals surface area contributed by atoms with Gasteiger partial charge >= 0.3 is 5.97 Å². The number of carbonyl (C=O) groups excluding carboxylic acids is 4. The van der Waals surface area contributed by atoms with Gasteiger partial charge in [-0.05, 0) is 43.3 Å². The van der Waals surface area contributed by atoms with Crippen LogP contribution in [0.2, 0.25) is 0 Å². The van der Waals surface area contributed by atoms with Gasteiger partial charge in [0.15, 0.2) is 11.5 Å². The quantitative estimate of drug-likeness (QED) is 0.239. The van der Waals surface area contributed by atoms with Crippen LogP contribution in [-0.2, 0) is 19.1 Å². The summed E-state index contributed by atoms with van der Waals surface area (Å²) in [6, 6.07) is 10.2. The average molecular weight is 520 g/mol. The summed E-state index contributed by atoms with van der Waals surface area (Å²) < 4.78 is 10.5. The van der Waals surface area contributed by atoms with E-state index in [-0.39, 0.29) is 29.1 Å². The molecule has 2 aromatic rings. The maximum absolute atomic E-state index is 13.9. The lowest BCUT2D eigenvalue weighted by Crippen LogP contribution is -2.99. The summed E-state index contributed by atoms with van der Waals surface area (Å²) in [4.78, 5) is 56.7. The van der Waals surface area contributed by atoms with Crippen LogP contribution in [0.25, 0.3) is 0 Å². The van der Waals surface area contributed by atoms with E-state index in [0.717, 1.165) is 4.90 Å². The van der Waals surface area contributed by atoms with Gasteiger partial charge in [0.05, 0.1) is 42.9 Å². The van der Waals surface area contributed by atoms with Crippen LogP contribution in [-0.4, -0.2) is 59.5 Å². The Morgan fingerprint density at radius 2 is 1.74 bits per heavy atom. The number of methoxy groups -OCH3 is 1. The Morgan fingerprint density at radius 1 is 1.05 bits per heavy atom. The number of quaternary nitrogens is 1. The normalized spacial score (nSPS) is 24.6. The zero-order valence-electron chi connectivity index (χ0n) is 20.6. The van der Waals surface area contributed by atoms with Crippen molar-refractivity contribution in [3.63, 3.8) is 0 Å². The molecule has 0 aromatic heterocycles. The summed E-state index contributed by atoms with van der Waals surface area (Å²) >= 11 is 0. The van der Waals surface area contributed by atoms with Gasteiger partial charge < -0.3 is 19.6 Å². The number of hydrogen-bond donors (Lipinski definition) is 2. The Labute approximate surface area is 217 Å². The van der Waals surface area contributed by atoms with Crippen molar-refractivity contribution < 1.29 is 39.1 Å². The number of Topliss-reactive ketones (excluding diaryl/α,β-unsaturated/α-hetero) is 1. The van der Waals surface area contributed by atoms with Crippen molar-refractivity contribution in [1.29, 1.82) is 0 Å². The average Bonchev–Trinajstić information content (AvgIpc) is 3.39. The molecule has 2 saturated heterocycles. The highest BCUT2D eigenvalue weighted by atomic mass is 16.8. The molecule has 11 nitrogen and oxygen atoms in total. The van der Waals surface area contributed by atoms with E-state index >= 15 is 0 Å². The van der Waals surface area contributed by atoms with E-state index in [4.69, 9.17) is 9.47 Å². The van der Waals surface area contributed by atoms with Crippen LogP contribution in [0.5, 0.6) is 5.75 Å². The van der Waals surface area contributed by atoms with Crippen LogP contribution in [0.15, 0.2) is 72.5 Å². The third kappa shape index (κ3) is 3.97. The Kier molecular flexibility index (Phi) is 6.57. The number of ether oxygens (including phenoxy) is 2. The second-order valence-corrected chi connectivity index (χ2v) is 9.02. The summed E-state index contributed by atoms with van der Waals surface area (Å²) in [6.45, 7) is 1.84. The number of nitrogens with zero attached hydrogens (tertiary/aromatic N) is 2. The van der Waals surface area contributed by atoms with Gasteiger partial charge in [-0.2, -0.15) is 5.23 Å². The molecule has 196 valence electrons. The van der Waals surface area contributed by atoms with E-state index in [0.29, 0.717) is 5.75 Å². The molecular formula is C27H25N3O8. The third-order valence-electron chi connectivity index (χ3n) is 7.07. The van der Waals surface area contributed by atoms with Crippen molar-refractivity contribution in [1.82, 2.24) is 4.90 Å². The first-order valence-electron chi connectivity index (χ1n) is 12.0. The molecule has 0 bridgehead atoms. The molecule has 0 saturated carbocycles. The number of rotatable bonds is 7. The van der Waals surface area contributed by atoms with Gasteiger partial charge in [0.1, 0.15) is 11.8 Å². The lowest BCUT2D eigenvalue weighted by molar-refractivity contribution is -0.991. The first-order chi connectivity index (χ1) is 18.3. The van der Waals surface area contributed by atoms with Crippen molar-refractivity contribution in [2.24, 2.45) is 11.8 Å². The van der Waals surface area contributed by atoms with Crippen LogP contribution in [0.3, 0.4) is 0 Å². The second kappa shape index (κ2) is 9.86. The van der Waals surface area contributed by atoms with Gasteiger partial charge in [-0.3, -0.25) is 14.4 Å². The highest BCUT2D eigenvalue weighted by Crippen LogP contribution is 2.48. The zero-order valence-corrected chi connectivity index (χ0v) is 20.6. The minimum Gasteiger partial charge on any atom is -0.595 e. The number of ketones is 1. The first kappa shape index (κ1) is 25.3. The van der Waals surface area contributed by atoms with Crippen LogP contribution in [0, 0.1) is 17.0 Å². The molecule has 2 fully saturated rings. The Morgan fingerprint density at radius 3 is 2.39 bits per heavy atom. The van der Waals surface area contributed by atoms with Crippen molar-refractivity contribution in [2.75, 3.05) is 18.6 Å². The number of para-hydroxylation sites is 2. The van der Waals surface area contributed by atoms with Crippen LogP contribution in [0.4, 0.5) is 11.4 Å². The molecular weight excluding hydrogens is 494 g/mol. The van der Waals surface area contributed by atoms with Gasteiger partial charge in [0.2, 0.25) is 11.8 Å². The standard InChI is InChI=1S/C27H25N3O8/c1-3-38-27(34)16-12-13-28-19(14-16)21-22(23(28)24(31)15-8-10-17(11-9-15)30(35)36)26(33)29(25(21)32)18-6-4-5-7-20(18)37-2/h4-14,19,21-23,30,35H,3H2,1-2H3/t19-,21-,22+,23+/m1/s1.